The Kier molecular flexibility index (Phi) is 3.11. The quantitative estimate of drug-likeness (QED) is 0.773. The zero-order valence-electron chi connectivity index (χ0n) is 8.52. The number of carbonyl (C=O) groups is 1. The molecule has 1 aromatic heterocycles. The van der Waals surface area contributed by atoms with Gasteiger partial charge in [0.2, 0.25) is 5.88 Å². The third kappa shape index (κ3) is 2.04. The van der Waals surface area contributed by atoms with E-state index in [-0.39, 0.29) is 0 Å². The van der Waals surface area contributed by atoms with Crippen LogP contribution in [0.3, 0.4) is 0 Å². The van der Waals surface area contributed by atoms with Crippen molar-refractivity contribution in [1.29, 1.82) is 0 Å². The second-order valence-corrected chi connectivity index (χ2v) is 3.25. The molecule has 14 heavy (non-hydrogen) atoms. The second-order valence-electron chi connectivity index (χ2n) is 3.25. The first-order valence-corrected chi connectivity index (χ1v) is 4.34. The topological polar surface area (TPSA) is 64.3 Å². The molecular weight excluding hydrogens is 184 g/mol. The molecular formula is C9H14N2O3. The summed E-state index contributed by atoms with van der Waals surface area (Å²) in [6.45, 7) is 1.66. The van der Waals surface area contributed by atoms with Gasteiger partial charge in [-0.15, -0.1) is 0 Å². The monoisotopic (exact) mass is 198 g/mol. The van der Waals surface area contributed by atoms with Crippen molar-refractivity contribution in [2.24, 2.45) is 13.0 Å². The van der Waals surface area contributed by atoms with Gasteiger partial charge in [-0.05, 0) is 6.42 Å². The van der Waals surface area contributed by atoms with Gasteiger partial charge in [0, 0.05) is 12.6 Å². The van der Waals surface area contributed by atoms with Crippen LogP contribution in [0.25, 0.3) is 0 Å². The van der Waals surface area contributed by atoms with Crippen LogP contribution in [0.15, 0.2) is 6.20 Å². The molecule has 5 heteroatoms. The molecule has 1 heterocycles. The van der Waals surface area contributed by atoms with Crippen LogP contribution < -0.4 is 4.74 Å². The summed E-state index contributed by atoms with van der Waals surface area (Å²) in [5.74, 6) is -0.609. The lowest BCUT2D eigenvalue weighted by atomic mass is 10.0. The van der Waals surface area contributed by atoms with Crippen LogP contribution in [0.4, 0.5) is 0 Å². The predicted octanol–water partition coefficient (Wildman–Crippen LogP) is 0.692. The zero-order valence-corrected chi connectivity index (χ0v) is 8.52. The Morgan fingerprint density at radius 1 is 1.79 bits per heavy atom. The van der Waals surface area contributed by atoms with Gasteiger partial charge in [0.25, 0.3) is 0 Å². The molecule has 78 valence electrons. The Bertz CT molecular complexity index is 333. The number of methoxy groups -OCH3 is 1. The average Bonchev–Trinajstić information content (AvgIpc) is 2.46. The molecule has 0 fully saturated rings. The molecule has 0 saturated heterocycles. The summed E-state index contributed by atoms with van der Waals surface area (Å²) in [6, 6.07) is 0. The molecule has 0 amide bonds. The number of aryl methyl sites for hydroxylation is 1. The highest BCUT2D eigenvalue weighted by Gasteiger charge is 2.16. The Labute approximate surface area is 82.3 Å². The lowest BCUT2D eigenvalue weighted by Gasteiger charge is -2.06. The highest BCUT2D eigenvalue weighted by atomic mass is 16.5. The number of hydrogen-bond donors (Lipinski definition) is 1. The third-order valence-electron chi connectivity index (χ3n) is 2.10. The van der Waals surface area contributed by atoms with E-state index in [4.69, 9.17) is 9.84 Å². The van der Waals surface area contributed by atoms with Crippen molar-refractivity contribution in [1.82, 2.24) is 9.78 Å². The fraction of sp³-hybridized carbons (Fsp3) is 0.556. The molecule has 1 rings (SSSR count). The number of hydrogen-bond acceptors (Lipinski definition) is 3. The molecule has 1 atom stereocenters. The smallest absolute Gasteiger partial charge is 0.306 e. The summed E-state index contributed by atoms with van der Waals surface area (Å²) >= 11 is 0. The minimum Gasteiger partial charge on any atom is -0.481 e. The number of rotatable bonds is 4. The van der Waals surface area contributed by atoms with Crippen molar-refractivity contribution in [2.75, 3.05) is 7.11 Å². The SMILES string of the molecule is COc1c(CC(C)C(=O)O)cnn1C. The van der Waals surface area contributed by atoms with Gasteiger partial charge in [-0.1, -0.05) is 6.92 Å². The molecule has 0 saturated carbocycles. The number of carboxylic acid groups (broad SMARTS) is 1. The van der Waals surface area contributed by atoms with Crippen LogP contribution in [-0.4, -0.2) is 28.0 Å². The first kappa shape index (κ1) is 10.6. The fourth-order valence-corrected chi connectivity index (χ4v) is 1.29. The number of nitrogens with zero attached hydrogens (tertiary/aromatic N) is 2. The molecule has 0 aliphatic heterocycles. The largest absolute Gasteiger partial charge is 0.481 e. The molecule has 1 unspecified atom stereocenters. The van der Waals surface area contributed by atoms with E-state index >= 15 is 0 Å². The van der Waals surface area contributed by atoms with Crippen LogP contribution >= 0.6 is 0 Å². The molecule has 0 spiro atoms. The van der Waals surface area contributed by atoms with Gasteiger partial charge in [0.05, 0.1) is 19.2 Å². The summed E-state index contributed by atoms with van der Waals surface area (Å²) < 4.78 is 6.69. The molecule has 0 aliphatic rings. The van der Waals surface area contributed by atoms with E-state index in [0.29, 0.717) is 12.3 Å². The van der Waals surface area contributed by atoms with E-state index in [2.05, 4.69) is 5.10 Å². The van der Waals surface area contributed by atoms with Gasteiger partial charge in [-0.25, -0.2) is 4.68 Å². The van der Waals surface area contributed by atoms with Gasteiger partial charge >= 0.3 is 5.97 Å². The minimum atomic E-state index is -0.809. The first-order valence-electron chi connectivity index (χ1n) is 4.34. The van der Waals surface area contributed by atoms with E-state index in [0.717, 1.165) is 5.56 Å². The van der Waals surface area contributed by atoms with Gasteiger partial charge in [-0.3, -0.25) is 4.79 Å². The van der Waals surface area contributed by atoms with Gasteiger partial charge in [-0.2, -0.15) is 5.10 Å². The molecule has 0 aliphatic carbocycles. The molecule has 1 aromatic rings. The maximum Gasteiger partial charge on any atom is 0.306 e. The normalized spacial score (nSPS) is 12.5. The molecule has 0 radical (unpaired) electrons. The highest BCUT2D eigenvalue weighted by molar-refractivity contribution is 5.70. The summed E-state index contributed by atoms with van der Waals surface area (Å²) in [4.78, 5) is 10.6. The van der Waals surface area contributed by atoms with Crippen molar-refractivity contribution in [3.8, 4) is 5.88 Å². The molecule has 0 aromatic carbocycles. The van der Waals surface area contributed by atoms with Crippen molar-refractivity contribution in [2.45, 2.75) is 13.3 Å². The Balaban J connectivity index is 2.81. The fourth-order valence-electron chi connectivity index (χ4n) is 1.29. The lowest BCUT2D eigenvalue weighted by molar-refractivity contribution is -0.141. The van der Waals surface area contributed by atoms with Crippen LogP contribution in [0.2, 0.25) is 0 Å². The summed E-state index contributed by atoms with van der Waals surface area (Å²) in [5, 5.41) is 12.7. The molecule has 0 bridgehead atoms. The van der Waals surface area contributed by atoms with Crippen LogP contribution in [0.1, 0.15) is 12.5 Å². The van der Waals surface area contributed by atoms with Crippen LogP contribution in [0.5, 0.6) is 5.88 Å². The van der Waals surface area contributed by atoms with E-state index in [1.54, 1.807) is 32.0 Å². The standard InChI is InChI=1S/C9H14N2O3/c1-6(9(12)13)4-7-5-10-11(2)8(7)14-3/h5-6H,4H2,1-3H3,(H,12,13). The Morgan fingerprint density at radius 2 is 2.43 bits per heavy atom. The zero-order chi connectivity index (χ0) is 10.7. The number of ether oxygens (including phenoxy) is 1. The van der Waals surface area contributed by atoms with Crippen LogP contribution in [0, 0.1) is 5.92 Å². The van der Waals surface area contributed by atoms with E-state index in [9.17, 15) is 4.79 Å². The third-order valence-corrected chi connectivity index (χ3v) is 2.10. The second kappa shape index (κ2) is 4.13. The average molecular weight is 198 g/mol. The number of aromatic nitrogens is 2. The lowest BCUT2D eigenvalue weighted by Crippen LogP contribution is -2.12. The van der Waals surface area contributed by atoms with Crippen LogP contribution in [-0.2, 0) is 18.3 Å². The van der Waals surface area contributed by atoms with Crippen molar-refractivity contribution in [3.63, 3.8) is 0 Å². The number of carboxylic acids is 1. The van der Waals surface area contributed by atoms with Gasteiger partial charge < -0.3 is 9.84 Å². The predicted molar refractivity (Wildman–Crippen MR) is 50.3 cm³/mol. The van der Waals surface area contributed by atoms with E-state index < -0.39 is 11.9 Å². The maximum atomic E-state index is 10.6. The van der Waals surface area contributed by atoms with Crippen molar-refractivity contribution >= 4 is 5.97 Å². The molecule has 1 N–H and O–H groups in total. The first-order chi connectivity index (χ1) is 6.56. The number of aliphatic carboxylic acids is 1. The maximum absolute atomic E-state index is 10.6. The summed E-state index contributed by atoms with van der Waals surface area (Å²) in [5.41, 5.74) is 0.824. The van der Waals surface area contributed by atoms with Crippen molar-refractivity contribution in [3.05, 3.63) is 11.8 Å². The Hall–Kier alpha value is -1.52. The van der Waals surface area contributed by atoms with E-state index in [1.165, 1.54) is 0 Å². The minimum absolute atomic E-state index is 0.423. The molecule has 5 nitrogen and oxygen atoms in total. The highest BCUT2D eigenvalue weighted by Crippen LogP contribution is 2.19. The van der Waals surface area contributed by atoms with Gasteiger partial charge in [0.15, 0.2) is 0 Å². The summed E-state index contributed by atoms with van der Waals surface area (Å²) in [6.07, 6.45) is 2.07. The van der Waals surface area contributed by atoms with Crippen molar-refractivity contribution < 1.29 is 14.6 Å². The van der Waals surface area contributed by atoms with E-state index in [1.807, 2.05) is 0 Å². The summed E-state index contributed by atoms with van der Waals surface area (Å²) in [7, 11) is 3.31. The Morgan fingerprint density at radius 3 is 2.93 bits per heavy atom. The van der Waals surface area contributed by atoms with Gasteiger partial charge in [0.1, 0.15) is 0 Å².